The minimum absolute atomic E-state index is 0.137. The van der Waals surface area contributed by atoms with Gasteiger partial charge in [0.05, 0.1) is 6.42 Å². The maximum absolute atomic E-state index is 12.6. The lowest BCUT2D eigenvalue weighted by atomic mass is 10.1. The molecule has 5 rings (SSSR count). The molecule has 178 valence electrons. The molecule has 0 aliphatic carbocycles. The van der Waals surface area contributed by atoms with E-state index in [1.165, 1.54) is 0 Å². The van der Waals surface area contributed by atoms with Gasteiger partial charge in [-0.2, -0.15) is 0 Å². The molecular formula is C28H22N4O4. The molecule has 2 amide bonds. The Labute approximate surface area is 207 Å². The Morgan fingerprint density at radius 2 is 1.64 bits per heavy atom. The van der Waals surface area contributed by atoms with Gasteiger partial charge in [-0.05, 0) is 59.7 Å². The molecule has 5 aromatic rings. The number of rotatable bonds is 8. The van der Waals surface area contributed by atoms with E-state index in [1.54, 1.807) is 61.1 Å². The molecule has 0 fully saturated rings. The number of benzene rings is 2. The first-order valence-electron chi connectivity index (χ1n) is 11.3. The number of nitrogens with one attached hydrogen (secondary N) is 2. The van der Waals surface area contributed by atoms with Crippen LogP contribution in [0.4, 0.5) is 11.5 Å². The van der Waals surface area contributed by atoms with Gasteiger partial charge < -0.3 is 19.8 Å². The molecule has 0 unspecified atom stereocenters. The normalized spacial score (nSPS) is 10.7. The third-order valence-electron chi connectivity index (χ3n) is 5.40. The highest BCUT2D eigenvalue weighted by Crippen LogP contribution is 2.23. The van der Waals surface area contributed by atoms with E-state index < -0.39 is 0 Å². The Bertz CT molecular complexity index is 1460. The molecule has 2 aromatic carbocycles. The van der Waals surface area contributed by atoms with Crippen LogP contribution >= 0.6 is 0 Å². The minimum Gasteiger partial charge on any atom is -0.485 e. The first-order chi connectivity index (χ1) is 17.6. The molecule has 3 aromatic heterocycles. The molecule has 0 atom stereocenters. The molecule has 3 heterocycles. The van der Waals surface area contributed by atoms with Crippen molar-refractivity contribution in [3.63, 3.8) is 0 Å². The van der Waals surface area contributed by atoms with Crippen molar-refractivity contribution in [3.8, 4) is 5.75 Å². The average molecular weight is 479 g/mol. The molecule has 0 saturated heterocycles. The van der Waals surface area contributed by atoms with E-state index >= 15 is 0 Å². The number of nitrogens with zero attached hydrogens (tertiary/aromatic N) is 2. The lowest BCUT2D eigenvalue weighted by Gasteiger charge is -2.11. The standard InChI is InChI=1S/C28H22N4O4/c33-26(32-27-24(6-3-13-30-27)35-18-20-11-14-29-15-12-20)16-19-7-9-22(10-8-19)31-28(34)25-17-21-4-1-2-5-23(21)36-25/h1-15,17H,16,18H2,(H,31,34)(H,30,32,33). The van der Waals surface area contributed by atoms with Crippen molar-refractivity contribution in [2.45, 2.75) is 13.0 Å². The van der Waals surface area contributed by atoms with Crippen molar-refractivity contribution in [1.82, 2.24) is 9.97 Å². The highest BCUT2D eigenvalue weighted by molar-refractivity contribution is 6.04. The van der Waals surface area contributed by atoms with Crippen molar-refractivity contribution in [3.05, 3.63) is 114 Å². The fourth-order valence-corrected chi connectivity index (χ4v) is 3.60. The zero-order chi connectivity index (χ0) is 24.7. The van der Waals surface area contributed by atoms with E-state index in [-0.39, 0.29) is 24.0 Å². The summed E-state index contributed by atoms with van der Waals surface area (Å²) in [5.41, 5.74) is 2.99. The van der Waals surface area contributed by atoms with Crippen LogP contribution < -0.4 is 15.4 Å². The van der Waals surface area contributed by atoms with Gasteiger partial charge in [-0.1, -0.05) is 30.3 Å². The van der Waals surface area contributed by atoms with Crippen molar-refractivity contribution >= 4 is 34.3 Å². The quantitative estimate of drug-likeness (QED) is 0.316. The van der Waals surface area contributed by atoms with Crippen LogP contribution in [0.2, 0.25) is 0 Å². The topological polar surface area (TPSA) is 106 Å². The van der Waals surface area contributed by atoms with E-state index in [0.717, 1.165) is 16.5 Å². The summed E-state index contributed by atoms with van der Waals surface area (Å²) in [4.78, 5) is 33.4. The number of ether oxygens (including phenoxy) is 1. The summed E-state index contributed by atoms with van der Waals surface area (Å²) in [5.74, 6) is 0.488. The number of amides is 2. The maximum atomic E-state index is 12.6. The number of hydrogen-bond acceptors (Lipinski definition) is 6. The van der Waals surface area contributed by atoms with Gasteiger partial charge in [0.15, 0.2) is 17.3 Å². The van der Waals surface area contributed by atoms with Crippen LogP contribution in [-0.2, 0) is 17.8 Å². The van der Waals surface area contributed by atoms with Crippen LogP contribution in [0.15, 0.2) is 102 Å². The highest BCUT2D eigenvalue weighted by atomic mass is 16.5. The molecule has 0 radical (unpaired) electrons. The van der Waals surface area contributed by atoms with Gasteiger partial charge in [0.25, 0.3) is 5.91 Å². The molecule has 0 saturated carbocycles. The summed E-state index contributed by atoms with van der Waals surface area (Å²) in [6, 6.07) is 23.4. The van der Waals surface area contributed by atoms with Crippen molar-refractivity contribution in [1.29, 1.82) is 0 Å². The first kappa shape index (κ1) is 22.8. The molecule has 0 spiro atoms. The lowest BCUT2D eigenvalue weighted by Crippen LogP contribution is -2.16. The Hall–Kier alpha value is -4.98. The number of furan rings is 1. The number of para-hydroxylation sites is 1. The van der Waals surface area contributed by atoms with Gasteiger partial charge in [0, 0.05) is 29.7 Å². The van der Waals surface area contributed by atoms with Crippen molar-refractivity contribution < 1.29 is 18.7 Å². The van der Waals surface area contributed by atoms with Crippen molar-refractivity contribution in [2.24, 2.45) is 0 Å². The molecule has 0 aliphatic heterocycles. The molecule has 36 heavy (non-hydrogen) atoms. The van der Waals surface area contributed by atoms with Crippen molar-refractivity contribution in [2.75, 3.05) is 10.6 Å². The van der Waals surface area contributed by atoms with E-state index in [1.807, 2.05) is 36.4 Å². The number of aromatic nitrogens is 2. The van der Waals surface area contributed by atoms with E-state index in [9.17, 15) is 9.59 Å². The Morgan fingerprint density at radius 3 is 2.44 bits per heavy atom. The van der Waals surface area contributed by atoms with Gasteiger partial charge >= 0.3 is 0 Å². The first-order valence-corrected chi connectivity index (χ1v) is 11.3. The summed E-state index contributed by atoms with van der Waals surface area (Å²) >= 11 is 0. The largest absolute Gasteiger partial charge is 0.485 e. The predicted molar refractivity (Wildman–Crippen MR) is 136 cm³/mol. The fourth-order valence-electron chi connectivity index (χ4n) is 3.60. The lowest BCUT2D eigenvalue weighted by molar-refractivity contribution is -0.115. The van der Waals surface area contributed by atoms with E-state index in [4.69, 9.17) is 9.15 Å². The molecule has 8 nitrogen and oxygen atoms in total. The smallest absolute Gasteiger partial charge is 0.291 e. The monoisotopic (exact) mass is 478 g/mol. The van der Waals surface area contributed by atoms with Gasteiger partial charge in [-0.3, -0.25) is 14.6 Å². The Balaban J connectivity index is 1.17. The number of anilines is 2. The molecule has 0 aliphatic rings. The summed E-state index contributed by atoms with van der Waals surface area (Å²) < 4.78 is 11.4. The second-order valence-corrected chi connectivity index (χ2v) is 8.02. The minimum atomic E-state index is -0.342. The summed E-state index contributed by atoms with van der Waals surface area (Å²) in [7, 11) is 0. The Morgan fingerprint density at radius 1 is 0.833 bits per heavy atom. The SMILES string of the molecule is O=C(Cc1ccc(NC(=O)c2cc3ccccc3o2)cc1)Nc1ncccc1OCc1ccncc1. The van der Waals surface area contributed by atoms with E-state index in [2.05, 4.69) is 20.6 Å². The maximum Gasteiger partial charge on any atom is 0.291 e. The van der Waals surface area contributed by atoms with Crippen LogP contribution in [0.25, 0.3) is 11.0 Å². The van der Waals surface area contributed by atoms with E-state index in [0.29, 0.717) is 29.4 Å². The number of fused-ring (bicyclic) bond motifs is 1. The fraction of sp³-hybridized carbons (Fsp3) is 0.0714. The Kier molecular flexibility index (Phi) is 6.66. The average Bonchev–Trinajstić information content (AvgIpc) is 3.35. The van der Waals surface area contributed by atoms with Crippen LogP contribution in [-0.4, -0.2) is 21.8 Å². The summed E-state index contributed by atoms with van der Waals surface area (Å²) in [6.45, 7) is 0.332. The van der Waals surface area contributed by atoms with Crippen LogP contribution in [0, 0.1) is 0 Å². The van der Waals surface area contributed by atoms with Crippen LogP contribution in [0.5, 0.6) is 5.75 Å². The second kappa shape index (κ2) is 10.5. The number of carbonyl (C=O) groups excluding carboxylic acids is 2. The van der Waals surface area contributed by atoms with Gasteiger partial charge in [0.1, 0.15) is 12.2 Å². The van der Waals surface area contributed by atoms with Gasteiger partial charge in [-0.25, -0.2) is 4.98 Å². The molecule has 8 heteroatoms. The summed E-state index contributed by atoms with van der Waals surface area (Å²) in [6.07, 6.45) is 5.12. The summed E-state index contributed by atoms with van der Waals surface area (Å²) in [5, 5.41) is 6.48. The molecule has 2 N–H and O–H groups in total. The zero-order valence-corrected chi connectivity index (χ0v) is 19.2. The number of pyridine rings is 2. The third-order valence-corrected chi connectivity index (χ3v) is 5.40. The van der Waals surface area contributed by atoms with Crippen LogP contribution in [0.3, 0.4) is 0 Å². The molecule has 0 bridgehead atoms. The number of hydrogen-bond donors (Lipinski definition) is 2. The van der Waals surface area contributed by atoms with Gasteiger partial charge in [-0.15, -0.1) is 0 Å². The second-order valence-electron chi connectivity index (χ2n) is 8.02. The predicted octanol–water partition coefficient (Wildman–Crippen LogP) is 5.24. The third kappa shape index (κ3) is 5.56. The number of carbonyl (C=O) groups is 2. The van der Waals surface area contributed by atoms with Crippen LogP contribution in [0.1, 0.15) is 21.7 Å². The zero-order valence-electron chi connectivity index (χ0n) is 19.2. The molecular weight excluding hydrogens is 456 g/mol. The van der Waals surface area contributed by atoms with Gasteiger partial charge in [0.2, 0.25) is 5.91 Å². The highest BCUT2D eigenvalue weighted by Gasteiger charge is 2.13.